The number of benzene rings is 1. The third-order valence-corrected chi connectivity index (χ3v) is 5.26. The summed E-state index contributed by atoms with van der Waals surface area (Å²) in [7, 11) is 4.45. The summed E-state index contributed by atoms with van der Waals surface area (Å²) in [6, 6.07) is 6.11. The lowest BCUT2D eigenvalue weighted by Crippen LogP contribution is -2.34. The van der Waals surface area contributed by atoms with E-state index >= 15 is 0 Å². The maximum absolute atomic E-state index is 14.3. The maximum atomic E-state index is 14.3. The highest BCUT2D eigenvalue weighted by Gasteiger charge is 2.32. The van der Waals surface area contributed by atoms with Crippen LogP contribution >= 0.6 is 0 Å². The van der Waals surface area contributed by atoms with Crippen LogP contribution in [0.2, 0.25) is 0 Å². The molecule has 1 aromatic rings. The number of fused-ring (bicyclic) bond motifs is 1. The summed E-state index contributed by atoms with van der Waals surface area (Å²) in [5.74, 6) is 2.18. The molecule has 7 heteroatoms. The van der Waals surface area contributed by atoms with Gasteiger partial charge in [0.25, 0.3) is 5.91 Å². The molecular weight excluding hydrogens is 351 g/mol. The van der Waals surface area contributed by atoms with Gasteiger partial charge in [0.05, 0.1) is 26.3 Å². The fourth-order valence-electron chi connectivity index (χ4n) is 3.59. The molecule has 6 nitrogen and oxygen atoms in total. The summed E-state index contributed by atoms with van der Waals surface area (Å²) < 4.78 is 19.3. The monoisotopic (exact) mass is 374 g/mol. The molecule has 0 radical (unpaired) electrons. The van der Waals surface area contributed by atoms with E-state index in [2.05, 4.69) is 12.0 Å². The Labute approximate surface area is 158 Å². The van der Waals surface area contributed by atoms with Crippen molar-refractivity contribution in [1.82, 2.24) is 9.96 Å². The standard InChI is InChI=1S/C20H23FN2O4/c1-22(27-3)19(24)14-6-4-13(5-7-14)10-11-23-12-15-8-9-16(26-2)18(21)17(15)20(23)25/h8-9,13-14H,4-7,12H2,1-3H3. The third-order valence-electron chi connectivity index (χ3n) is 5.26. The summed E-state index contributed by atoms with van der Waals surface area (Å²) in [4.78, 5) is 30.9. The SMILES string of the molecule is COc1ccc2c(c1F)C(=O)N(C#CC1CCC(C(=O)N(C)OC)CC1)C2. The van der Waals surface area contributed by atoms with Crippen molar-refractivity contribution >= 4 is 11.8 Å². The minimum absolute atomic E-state index is 0.0153. The summed E-state index contributed by atoms with van der Waals surface area (Å²) in [5, 5.41) is 1.26. The largest absolute Gasteiger partial charge is 0.494 e. The smallest absolute Gasteiger partial charge is 0.269 e. The number of carbonyl (C=O) groups is 2. The quantitative estimate of drug-likeness (QED) is 0.603. The van der Waals surface area contributed by atoms with Crippen LogP contribution in [0.5, 0.6) is 5.75 Å². The molecule has 1 aliphatic carbocycles. The number of hydroxylamine groups is 2. The van der Waals surface area contributed by atoms with Crippen molar-refractivity contribution in [3.05, 3.63) is 29.1 Å². The summed E-state index contributed by atoms with van der Waals surface area (Å²) in [5.41, 5.74) is 0.657. The molecule has 0 atom stereocenters. The van der Waals surface area contributed by atoms with Gasteiger partial charge in [0.2, 0.25) is 5.91 Å². The second-order valence-corrected chi connectivity index (χ2v) is 6.83. The molecule has 1 aliphatic heterocycles. The lowest BCUT2D eigenvalue weighted by molar-refractivity contribution is -0.174. The lowest BCUT2D eigenvalue weighted by Gasteiger charge is -2.27. The highest BCUT2D eigenvalue weighted by molar-refractivity contribution is 6.00. The van der Waals surface area contributed by atoms with Gasteiger partial charge in [-0.3, -0.25) is 19.3 Å². The highest BCUT2D eigenvalue weighted by atomic mass is 19.1. The molecular formula is C20H23FN2O4. The second kappa shape index (κ2) is 7.97. The fourth-order valence-corrected chi connectivity index (χ4v) is 3.59. The van der Waals surface area contributed by atoms with Crippen molar-refractivity contribution < 1.29 is 23.6 Å². The van der Waals surface area contributed by atoms with E-state index in [0.29, 0.717) is 5.56 Å². The minimum atomic E-state index is -0.634. The van der Waals surface area contributed by atoms with Gasteiger partial charge in [0, 0.05) is 24.9 Å². The summed E-state index contributed by atoms with van der Waals surface area (Å²) >= 11 is 0. The van der Waals surface area contributed by atoms with Gasteiger partial charge in [0.15, 0.2) is 11.6 Å². The van der Waals surface area contributed by atoms with E-state index in [1.807, 2.05) is 0 Å². The van der Waals surface area contributed by atoms with Crippen LogP contribution in [-0.2, 0) is 16.2 Å². The number of nitrogens with zero attached hydrogens (tertiary/aromatic N) is 2. The van der Waals surface area contributed by atoms with Crippen LogP contribution in [0.25, 0.3) is 0 Å². The molecule has 27 heavy (non-hydrogen) atoms. The number of amides is 2. The van der Waals surface area contributed by atoms with Crippen LogP contribution in [0.15, 0.2) is 12.1 Å². The van der Waals surface area contributed by atoms with Crippen LogP contribution in [-0.4, -0.2) is 43.0 Å². The minimum Gasteiger partial charge on any atom is -0.494 e. The van der Waals surface area contributed by atoms with Gasteiger partial charge in [-0.05, 0) is 37.3 Å². The van der Waals surface area contributed by atoms with Crippen molar-refractivity contribution in [1.29, 1.82) is 0 Å². The maximum Gasteiger partial charge on any atom is 0.269 e. The van der Waals surface area contributed by atoms with Crippen molar-refractivity contribution in [2.24, 2.45) is 11.8 Å². The first-order chi connectivity index (χ1) is 13.0. The predicted molar refractivity (Wildman–Crippen MR) is 95.8 cm³/mol. The zero-order valence-electron chi connectivity index (χ0n) is 15.8. The molecule has 1 aromatic carbocycles. The van der Waals surface area contributed by atoms with E-state index in [9.17, 15) is 14.0 Å². The third kappa shape index (κ3) is 3.76. The Balaban J connectivity index is 1.62. The molecule has 144 valence electrons. The molecule has 0 bridgehead atoms. The normalized spacial score (nSPS) is 21.3. The van der Waals surface area contributed by atoms with E-state index < -0.39 is 11.7 Å². The zero-order valence-corrected chi connectivity index (χ0v) is 15.8. The number of hydrogen-bond acceptors (Lipinski definition) is 4. The average Bonchev–Trinajstić information content (AvgIpc) is 3.02. The van der Waals surface area contributed by atoms with E-state index in [1.54, 1.807) is 13.1 Å². The van der Waals surface area contributed by atoms with Crippen molar-refractivity contribution in [2.75, 3.05) is 21.3 Å². The van der Waals surface area contributed by atoms with Crippen molar-refractivity contribution in [3.63, 3.8) is 0 Å². The Hall–Kier alpha value is -2.59. The fraction of sp³-hybridized carbons (Fsp3) is 0.500. The molecule has 0 N–H and O–H groups in total. The van der Waals surface area contributed by atoms with Crippen LogP contribution < -0.4 is 4.74 Å². The Kier molecular flexibility index (Phi) is 5.66. The van der Waals surface area contributed by atoms with Gasteiger partial charge in [-0.25, -0.2) is 9.45 Å². The van der Waals surface area contributed by atoms with Crippen molar-refractivity contribution in [2.45, 2.75) is 32.2 Å². The topological polar surface area (TPSA) is 59.1 Å². The van der Waals surface area contributed by atoms with E-state index in [0.717, 1.165) is 25.7 Å². The Morgan fingerprint density at radius 2 is 1.96 bits per heavy atom. The first-order valence-electron chi connectivity index (χ1n) is 8.96. The number of ether oxygens (including phenoxy) is 1. The van der Waals surface area contributed by atoms with Crippen LogP contribution in [0.4, 0.5) is 4.39 Å². The summed E-state index contributed by atoms with van der Waals surface area (Å²) in [6.45, 7) is 0.272. The van der Waals surface area contributed by atoms with E-state index in [1.165, 1.54) is 30.2 Å². The van der Waals surface area contributed by atoms with Gasteiger partial charge in [-0.2, -0.15) is 0 Å². The molecule has 1 saturated carbocycles. The molecule has 0 aromatic heterocycles. The summed E-state index contributed by atoms with van der Waals surface area (Å²) in [6.07, 6.45) is 3.06. The van der Waals surface area contributed by atoms with Gasteiger partial charge in [-0.1, -0.05) is 12.0 Å². The van der Waals surface area contributed by atoms with Crippen molar-refractivity contribution in [3.8, 4) is 17.7 Å². The Morgan fingerprint density at radius 1 is 1.26 bits per heavy atom. The molecule has 0 saturated heterocycles. The van der Waals surface area contributed by atoms with Crippen LogP contribution in [0.1, 0.15) is 41.6 Å². The number of rotatable bonds is 3. The molecule has 1 fully saturated rings. The van der Waals surface area contributed by atoms with Crippen LogP contribution in [0, 0.1) is 29.6 Å². The second-order valence-electron chi connectivity index (χ2n) is 6.83. The number of carbonyl (C=O) groups excluding carboxylic acids is 2. The first-order valence-corrected chi connectivity index (χ1v) is 8.96. The van der Waals surface area contributed by atoms with Gasteiger partial charge < -0.3 is 4.74 Å². The van der Waals surface area contributed by atoms with Gasteiger partial charge in [0.1, 0.15) is 0 Å². The van der Waals surface area contributed by atoms with E-state index in [4.69, 9.17) is 9.57 Å². The molecule has 2 aliphatic rings. The number of halogens is 1. The number of methoxy groups -OCH3 is 1. The highest BCUT2D eigenvalue weighted by Crippen LogP contribution is 2.32. The zero-order chi connectivity index (χ0) is 19.6. The molecule has 0 unspecified atom stereocenters. The van der Waals surface area contributed by atoms with Crippen LogP contribution in [0.3, 0.4) is 0 Å². The Bertz CT molecular complexity index is 806. The molecule has 2 amide bonds. The Morgan fingerprint density at radius 3 is 2.59 bits per heavy atom. The first kappa shape index (κ1) is 19.2. The molecule has 3 rings (SSSR count). The average molecular weight is 374 g/mol. The van der Waals surface area contributed by atoms with Gasteiger partial charge in [-0.15, -0.1) is 0 Å². The number of hydrogen-bond donors (Lipinski definition) is 0. The van der Waals surface area contributed by atoms with Gasteiger partial charge >= 0.3 is 0 Å². The predicted octanol–water partition coefficient (Wildman–Crippen LogP) is 2.58. The molecule has 1 heterocycles. The molecule has 0 spiro atoms. The van der Waals surface area contributed by atoms with E-state index in [-0.39, 0.29) is 35.6 Å². The lowest BCUT2D eigenvalue weighted by atomic mass is 9.82.